The lowest BCUT2D eigenvalue weighted by Gasteiger charge is -2.24. The van der Waals surface area contributed by atoms with Crippen LogP contribution in [0.2, 0.25) is 0 Å². The highest BCUT2D eigenvalue weighted by atomic mass is 79.9. The van der Waals surface area contributed by atoms with Crippen LogP contribution < -0.4 is 4.31 Å². The molecule has 0 aliphatic carbocycles. The standard InChI is InChI=1S/C19H14BrF4NO4S2/c20-17-12-3-1-2-4-15(12)30-18(17)25(31(28,29)8-7-16(26)27)10-11-5-6-14(21)13(9-11)19(22,23)24/h1-6,9H,7-8,10H2,(H,26,27). The fourth-order valence-electron chi connectivity index (χ4n) is 2.84. The highest BCUT2D eigenvalue weighted by molar-refractivity contribution is 9.10. The van der Waals surface area contributed by atoms with Gasteiger partial charge in [0.25, 0.3) is 0 Å². The number of thiophene rings is 1. The first-order valence-corrected chi connectivity index (χ1v) is 11.9. The number of carboxylic acid groups (broad SMARTS) is 1. The smallest absolute Gasteiger partial charge is 0.419 e. The Morgan fingerprint density at radius 2 is 1.84 bits per heavy atom. The van der Waals surface area contributed by atoms with Gasteiger partial charge in [-0.1, -0.05) is 24.3 Å². The number of sulfonamides is 1. The number of fused-ring (bicyclic) bond motifs is 1. The fraction of sp³-hybridized carbons (Fsp3) is 0.211. The maximum Gasteiger partial charge on any atom is 0.419 e. The predicted molar refractivity (Wildman–Crippen MR) is 113 cm³/mol. The van der Waals surface area contributed by atoms with Crippen molar-refractivity contribution in [1.82, 2.24) is 0 Å². The van der Waals surface area contributed by atoms with Crippen LogP contribution in [0, 0.1) is 5.82 Å². The van der Waals surface area contributed by atoms with Gasteiger partial charge >= 0.3 is 12.1 Å². The molecule has 166 valence electrons. The highest BCUT2D eigenvalue weighted by Crippen LogP contribution is 2.44. The molecular formula is C19H14BrF4NO4S2. The first kappa shape index (κ1) is 23.5. The van der Waals surface area contributed by atoms with Gasteiger partial charge in [-0.15, -0.1) is 11.3 Å². The molecule has 3 aromatic rings. The average Bonchev–Trinajstić information content (AvgIpc) is 3.01. The third-order valence-electron chi connectivity index (χ3n) is 4.32. The van der Waals surface area contributed by atoms with Gasteiger partial charge < -0.3 is 5.11 Å². The number of rotatable bonds is 7. The van der Waals surface area contributed by atoms with Crippen LogP contribution in [0.15, 0.2) is 46.9 Å². The summed E-state index contributed by atoms with van der Waals surface area (Å²) in [5, 5.41) is 9.76. The van der Waals surface area contributed by atoms with Crippen molar-refractivity contribution < 1.29 is 35.9 Å². The van der Waals surface area contributed by atoms with E-state index in [0.717, 1.165) is 26.4 Å². The van der Waals surface area contributed by atoms with Crippen molar-refractivity contribution in [3.63, 3.8) is 0 Å². The summed E-state index contributed by atoms with van der Waals surface area (Å²) in [5.74, 6) is -3.56. The zero-order chi connectivity index (χ0) is 23.0. The summed E-state index contributed by atoms with van der Waals surface area (Å²) in [6.45, 7) is -0.531. The highest BCUT2D eigenvalue weighted by Gasteiger charge is 2.35. The number of carbonyl (C=O) groups is 1. The monoisotopic (exact) mass is 539 g/mol. The number of halogens is 5. The Morgan fingerprint density at radius 1 is 1.16 bits per heavy atom. The molecule has 0 atom stereocenters. The van der Waals surface area contributed by atoms with Crippen molar-refractivity contribution in [3.8, 4) is 0 Å². The Labute approximate surface area is 187 Å². The van der Waals surface area contributed by atoms with Crippen LogP contribution in [0.4, 0.5) is 22.6 Å². The van der Waals surface area contributed by atoms with Crippen molar-refractivity contribution in [2.45, 2.75) is 19.1 Å². The molecule has 0 spiro atoms. The number of nitrogens with zero attached hydrogens (tertiary/aromatic N) is 1. The molecule has 0 unspecified atom stereocenters. The van der Waals surface area contributed by atoms with Gasteiger partial charge in [0.05, 0.1) is 28.8 Å². The van der Waals surface area contributed by atoms with E-state index in [-0.39, 0.29) is 10.6 Å². The van der Waals surface area contributed by atoms with Crippen molar-refractivity contribution in [1.29, 1.82) is 0 Å². The zero-order valence-corrected chi connectivity index (χ0v) is 18.7. The van der Waals surface area contributed by atoms with E-state index in [1.54, 1.807) is 24.3 Å². The van der Waals surface area contributed by atoms with Crippen LogP contribution in [-0.4, -0.2) is 25.2 Å². The molecule has 0 fully saturated rings. The summed E-state index contributed by atoms with van der Waals surface area (Å²) in [4.78, 5) is 10.9. The molecule has 0 aliphatic rings. The minimum Gasteiger partial charge on any atom is -0.481 e. The van der Waals surface area contributed by atoms with Gasteiger partial charge in [0, 0.05) is 10.1 Å². The summed E-state index contributed by atoms with van der Waals surface area (Å²) in [5.41, 5.74) is -1.61. The normalized spacial score (nSPS) is 12.3. The van der Waals surface area contributed by atoms with E-state index in [1.807, 2.05) is 0 Å². The second-order valence-corrected chi connectivity index (χ2v) is 10.3. The van der Waals surface area contributed by atoms with Crippen molar-refractivity contribution in [2.75, 3.05) is 10.1 Å². The molecule has 12 heteroatoms. The molecule has 0 saturated heterocycles. The minimum atomic E-state index is -4.95. The van der Waals surface area contributed by atoms with Gasteiger partial charge in [-0.3, -0.25) is 9.10 Å². The average molecular weight is 540 g/mol. The first-order valence-electron chi connectivity index (χ1n) is 8.65. The summed E-state index contributed by atoms with van der Waals surface area (Å²) in [6.07, 6.45) is -5.64. The van der Waals surface area contributed by atoms with Crippen LogP contribution in [0.25, 0.3) is 10.1 Å². The van der Waals surface area contributed by atoms with E-state index in [4.69, 9.17) is 5.11 Å². The Balaban J connectivity index is 2.11. The van der Waals surface area contributed by atoms with Crippen molar-refractivity contribution in [3.05, 3.63) is 63.9 Å². The molecule has 0 amide bonds. The molecular weight excluding hydrogens is 526 g/mol. The number of hydrogen-bond donors (Lipinski definition) is 1. The first-order chi connectivity index (χ1) is 14.4. The molecule has 1 aromatic heterocycles. The zero-order valence-electron chi connectivity index (χ0n) is 15.5. The Hall–Kier alpha value is -2.18. The molecule has 0 aliphatic heterocycles. The summed E-state index contributed by atoms with van der Waals surface area (Å²) < 4.78 is 80.9. The lowest BCUT2D eigenvalue weighted by Crippen LogP contribution is -2.33. The number of anilines is 1. The Bertz CT molecular complexity index is 1240. The number of hydrogen-bond acceptors (Lipinski definition) is 4. The molecule has 0 radical (unpaired) electrons. The molecule has 1 heterocycles. The van der Waals surface area contributed by atoms with Crippen LogP contribution in [-0.2, 0) is 27.5 Å². The number of aliphatic carboxylic acids is 1. The number of alkyl halides is 3. The van der Waals surface area contributed by atoms with Gasteiger partial charge in [-0.05, 0) is 39.7 Å². The van der Waals surface area contributed by atoms with E-state index in [2.05, 4.69) is 15.9 Å². The SMILES string of the molecule is O=C(O)CCS(=O)(=O)N(Cc1ccc(F)c(C(F)(F)F)c1)c1sc2ccccc2c1Br. The van der Waals surface area contributed by atoms with Gasteiger partial charge in [0.15, 0.2) is 0 Å². The Morgan fingerprint density at radius 3 is 2.45 bits per heavy atom. The summed E-state index contributed by atoms with van der Waals surface area (Å²) in [6, 6.07) is 9.20. The Kier molecular flexibility index (Phi) is 6.63. The second kappa shape index (κ2) is 8.75. The van der Waals surface area contributed by atoms with Crippen LogP contribution in [0.5, 0.6) is 0 Å². The van der Waals surface area contributed by atoms with Crippen LogP contribution in [0.1, 0.15) is 17.5 Å². The van der Waals surface area contributed by atoms with Crippen molar-refractivity contribution >= 4 is 58.3 Å². The van der Waals surface area contributed by atoms with E-state index in [1.165, 1.54) is 0 Å². The summed E-state index contributed by atoms with van der Waals surface area (Å²) >= 11 is 4.43. The number of benzene rings is 2. The van der Waals surface area contributed by atoms with Crippen LogP contribution in [0.3, 0.4) is 0 Å². The van der Waals surface area contributed by atoms with Crippen molar-refractivity contribution in [2.24, 2.45) is 0 Å². The maximum atomic E-state index is 13.7. The predicted octanol–water partition coefficient (Wildman–Crippen LogP) is 5.63. The number of carboxylic acids is 1. The van der Waals surface area contributed by atoms with Crippen LogP contribution >= 0.6 is 27.3 Å². The molecule has 3 rings (SSSR count). The van der Waals surface area contributed by atoms with E-state index >= 15 is 0 Å². The van der Waals surface area contributed by atoms with E-state index in [0.29, 0.717) is 22.0 Å². The fourth-order valence-corrected chi connectivity index (χ4v) is 6.69. The molecule has 2 aromatic carbocycles. The van der Waals surface area contributed by atoms with Gasteiger partial charge in [-0.2, -0.15) is 13.2 Å². The lowest BCUT2D eigenvalue weighted by atomic mass is 10.1. The molecule has 1 N–H and O–H groups in total. The van der Waals surface area contributed by atoms with E-state index in [9.17, 15) is 30.8 Å². The minimum absolute atomic E-state index is 0.100. The largest absolute Gasteiger partial charge is 0.481 e. The topological polar surface area (TPSA) is 74.7 Å². The molecule has 0 bridgehead atoms. The maximum absolute atomic E-state index is 13.7. The van der Waals surface area contributed by atoms with E-state index < -0.39 is 52.3 Å². The summed E-state index contributed by atoms with van der Waals surface area (Å²) in [7, 11) is -4.24. The second-order valence-electron chi connectivity index (χ2n) is 6.50. The molecule has 31 heavy (non-hydrogen) atoms. The molecule has 0 saturated carbocycles. The molecule has 5 nitrogen and oxygen atoms in total. The van der Waals surface area contributed by atoms with Gasteiger partial charge in [0.2, 0.25) is 10.0 Å². The lowest BCUT2D eigenvalue weighted by molar-refractivity contribution is -0.140. The van der Waals surface area contributed by atoms with Gasteiger partial charge in [-0.25, -0.2) is 12.8 Å². The van der Waals surface area contributed by atoms with Gasteiger partial charge in [0.1, 0.15) is 10.8 Å². The quantitative estimate of drug-likeness (QED) is 0.394. The third kappa shape index (κ3) is 5.18. The third-order valence-corrected chi connectivity index (χ3v) is 8.39.